The van der Waals surface area contributed by atoms with Crippen molar-refractivity contribution in [1.29, 1.82) is 0 Å². The largest absolute Gasteiger partial charge is 0.313 e. The molecule has 1 heteroatoms. The Morgan fingerprint density at radius 1 is 1.06 bits per heavy atom. The molecule has 0 saturated heterocycles. The highest BCUT2D eigenvalue weighted by atomic mass is 14.9. The van der Waals surface area contributed by atoms with Gasteiger partial charge in [0.15, 0.2) is 0 Å². The van der Waals surface area contributed by atoms with Crippen LogP contribution in [0.5, 0.6) is 0 Å². The average Bonchev–Trinajstić information content (AvgIpc) is 3.11. The van der Waals surface area contributed by atoms with E-state index >= 15 is 0 Å². The van der Waals surface area contributed by atoms with E-state index in [0.29, 0.717) is 5.41 Å². The van der Waals surface area contributed by atoms with Crippen molar-refractivity contribution in [3.8, 4) is 0 Å². The topological polar surface area (TPSA) is 12.0 Å². The Morgan fingerprint density at radius 2 is 1.81 bits per heavy atom. The van der Waals surface area contributed by atoms with Crippen molar-refractivity contribution < 1.29 is 0 Å². The van der Waals surface area contributed by atoms with Crippen molar-refractivity contribution in [2.75, 3.05) is 6.54 Å². The van der Waals surface area contributed by atoms with E-state index in [0.717, 1.165) is 17.9 Å². The molecule has 2 aliphatic rings. The maximum absolute atomic E-state index is 3.83. The fraction of sp³-hybridized carbons (Fsp3) is 1.00. The Labute approximate surface area is 101 Å². The Balaban J connectivity index is 1.72. The van der Waals surface area contributed by atoms with E-state index in [1.165, 1.54) is 51.5 Å². The van der Waals surface area contributed by atoms with E-state index < -0.39 is 0 Å². The van der Waals surface area contributed by atoms with Crippen LogP contribution in [0.3, 0.4) is 0 Å². The zero-order valence-electron chi connectivity index (χ0n) is 11.4. The van der Waals surface area contributed by atoms with Crippen molar-refractivity contribution in [2.24, 2.45) is 17.3 Å². The van der Waals surface area contributed by atoms with Gasteiger partial charge in [-0.15, -0.1) is 0 Å². The van der Waals surface area contributed by atoms with Crippen molar-refractivity contribution >= 4 is 0 Å². The highest BCUT2D eigenvalue weighted by Crippen LogP contribution is 2.43. The molecule has 0 bridgehead atoms. The first-order valence-corrected chi connectivity index (χ1v) is 7.34. The molecule has 0 aliphatic heterocycles. The van der Waals surface area contributed by atoms with Crippen LogP contribution in [0, 0.1) is 17.3 Å². The zero-order valence-corrected chi connectivity index (χ0v) is 11.4. The van der Waals surface area contributed by atoms with Crippen molar-refractivity contribution in [1.82, 2.24) is 5.32 Å². The maximum Gasteiger partial charge on any atom is 0.00700 e. The fourth-order valence-electron chi connectivity index (χ4n) is 2.95. The number of hydrogen-bond donors (Lipinski definition) is 1. The summed E-state index contributed by atoms with van der Waals surface area (Å²) in [5.41, 5.74) is 0.479. The predicted molar refractivity (Wildman–Crippen MR) is 70.5 cm³/mol. The maximum atomic E-state index is 3.83. The van der Waals surface area contributed by atoms with E-state index in [9.17, 15) is 0 Å². The lowest BCUT2D eigenvalue weighted by Gasteiger charge is -2.33. The van der Waals surface area contributed by atoms with Crippen LogP contribution in [-0.2, 0) is 0 Å². The molecule has 0 aromatic carbocycles. The molecule has 0 amide bonds. The highest BCUT2D eigenvalue weighted by molar-refractivity contribution is 4.88. The lowest BCUT2D eigenvalue weighted by Crippen LogP contribution is -2.40. The van der Waals surface area contributed by atoms with Gasteiger partial charge in [0.1, 0.15) is 0 Å². The molecule has 0 spiro atoms. The van der Waals surface area contributed by atoms with E-state index in [2.05, 4.69) is 26.1 Å². The molecular formula is C15H29N. The second-order valence-corrected chi connectivity index (χ2v) is 6.86. The summed E-state index contributed by atoms with van der Waals surface area (Å²) in [6.07, 6.45) is 10.2. The molecule has 2 saturated carbocycles. The first kappa shape index (κ1) is 12.4. The van der Waals surface area contributed by atoms with Gasteiger partial charge in [-0.25, -0.2) is 0 Å². The van der Waals surface area contributed by atoms with E-state index in [-0.39, 0.29) is 0 Å². The predicted octanol–water partition coefficient (Wildman–Crippen LogP) is 3.98. The van der Waals surface area contributed by atoms with Gasteiger partial charge in [0.2, 0.25) is 0 Å². The van der Waals surface area contributed by atoms with E-state index in [1.54, 1.807) is 0 Å². The Hall–Kier alpha value is -0.0400. The number of hydrogen-bond acceptors (Lipinski definition) is 1. The molecule has 2 unspecified atom stereocenters. The molecule has 2 atom stereocenters. The summed E-state index contributed by atoms with van der Waals surface area (Å²) in [6, 6.07) is 0.824. The number of rotatable bonds is 5. The Morgan fingerprint density at radius 3 is 2.44 bits per heavy atom. The van der Waals surface area contributed by atoms with Gasteiger partial charge in [-0.2, -0.15) is 0 Å². The quantitative estimate of drug-likeness (QED) is 0.743. The van der Waals surface area contributed by atoms with Crippen LogP contribution in [0.15, 0.2) is 0 Å². The second-order valence-electron chi connectivity index (χ2n) is 6.86. The van der Waals surface area contributed by atoms with Gasteiger partial charge in [-0.05, 0) is 49.4 Å². The normalized spacial score (nSPS) is 31.7. The van der Waals surface area contributed by atoms with Gasteiger partial charge in [0.25, 0.3) is 0 Å². The monoisotopic (exact) mass is 223 g/mol. The van der Waals surface area contributed by atoms with E-state index in [1.807, 2.05) is 0 Å². The third-order valence-electron chi connectivity index (χ3n) is 4.83. The lowest BCUT2D eigenvalue weighted by atomic mass is 9.82. The summed E-state index contributed by atoms with van der Waals surface area (Å²) < 4.78 is 0. The van der Waals surface area contributed by atoms with Gasteiger partial charge in [-0.1, -0.05) is 33.6 Å². The highest BCUT2D eigenvalue weighted by Gasteiger charge is 2.34. The molecule has 2 fully saturated rings. The molecule has 0 heterocycles. The SMILES string of the molecule is CCC(C)(C)CNC1CCCC(C2CC2)C1. The van der Waals surface area contributed by atoms with Crippen molar-refractivity contribution in [3.63, 3.8) is 0 Å². The first-order valence-electron chi connectivity index (χ1n) is 7.34. The molecule has 94 valence electrons. The third-order valence-corrected chi connectivity index (χ3v) is 4.83. The minimum Gasteiger partial charge on any atom is -0.313 e. The van der Waals surface area contributed by atoms with Crippen LogP contribution in [-0.4, -0.2) is 12.6 Å². The molecule has 1 nitrogen and oxygen atoms in total. The van der Waals surface area contributed by atoms with Gasteiger partial charge in [0, 0.05) is 12.6 Å². The smallest absolute Gasteiger partial charge is 0.00700 e. The van der Waals surface area contributed by atoms with Crippen molar-refractivity contribution in [3.05, 3.63) is 0 Å². The molecule has 0 radical (unpaired) electrons. The average molecular weight is 223 g/mol. The molecule has 2 rings (SSSR count). The van der Waals surface area contributed by atoms with Crippen LogP contribution in [0.2, 0.25) is 0 Å². The summed E-state index contributed by atoms with van der Waals surface area (Å²) in [7, 11) is 0. The summed E-state index contributed by atoms with van der Waals surface area (Å²) in [5, 5.41) is 3.83. The van der Waals surface area contributed by atoms with Crippen LogP contribution in [0.25, 0.3) is 0 Å². The lowest BCUT2D eigenvalue weighted by molar-refractivity contribution is 0.231. The molecule has 16 heavy (non-hydrogen) atoms. The minimum atomic E-state index is 0.479. The van der Waals surface area contributed by atoms with Gasteiger partial charge < -0.3 is 5.32 Å². The van der Waals surface area contributed by atoms with Crippen LogP contribution in [0.1, 0.15) is 65.7 Å². The third kappa shape index (κ3) is 3.48. The first-order chi connectivity index (χ1) is 7.61. The molecule has 2 aliphatic carbocycles. The van der Waals surface area contributed by atoms with Crippen molar-refractivity contribution in [2.45, 2.75) is 71.8 Å². The molecule has 0 aromatic heterocycles. The molecular weight excluding hydrogens is 194 g/mol. The number of nitrogens with one attached hydrogen (secondary N) is 1. The molecule has 0 aromatic rings. The molecule has 1 N–H and O–H groups in total. The Kier molecular flexibility index (Phi) is 3.94. The van der Waals surface area contributed by atoms with Gasteiger partial charge in [-0.3, -0.25) is 0 Å². The summed E-state index contributed by atoms with van der Waals surface area (Å²) >= 11 is 0. The van der Waals surface area contributed by atoms with E-state index in [4.69, 9.17) is 0 Å². The summed E-state index contributed by atoms with van der Waals surface area (Å²) in [6.45, 7) is 8.25. The Bertz CT molecular complexity index is 217. The second kappa shape index (κ2) is 5.08. The zero-order chi connectivity index (χ0) is 11.6. The van der Waals surface area contributed by atoms with Gasteiger partial charge in [0.05, 0.1) is 0 Å². The summed E-state index contributed by atoms with van der Waals surface area (Å²) in [5.74, 6) is 2.18. The van der Waals surface area contributed by atoms with Crippen LogP contribution in [0.4, 0.5) is 0 Å². The summed E-state index contributed by atoms with van der Waals surface area (Å²) in [4.78, 5) is 0. The van der Waals surface area contributed by atoms with Crippen LogP contribution < -0.4 is 5.32 Å². The van der Waals surface area contributed by atoms with Crippen LogP contribution >= 0.6 is 0 Å². The van der Waals surface area contributed by atoms with Gasteiger partial charge >= 0.3 is 0 Å². The minimum absolute atomic E-state index is 0.479. The standard InChI is InChI=1S/C15H29N/c1-4-15(2,3)11-16-14-7-5-6-13(10-14)12-8-9-12/h12-14,16H,4-11H2,1-3H3. The fourth-order valence-corrected chi connectivity index (χ4v) is 2.95.